The summed E-state index contributed by atoms with van der Waals surface area (Å²) < 4.78 is 32.3. The van der Waals surface area contributed by atoms with E-state index in [1.807, 2.05) is 13.0 Å². The summed E-state index contributed by atoms with van der Waals surface area (Å²) in [5, 5.41) is 0. The Bertz CT molecular complexity index is 589. The van der Waals surface area contributed by atoms with Crippen molar-refractivity contribution in [1.82, 2.24) is 4.31 Å². The number of hydrogen-bond donors (Lipinski definition) is 0. The molecule has 118 valence electrons. The number of piperidine rings is 1. The third-order valence-corrected chi connectivity index (χ3v) is 6.16. The van der Waals surface area contributed by atoms with E-state index in [1.54, 1.807) is 19.2 Å². The van der Waals surface area contributed by atoms with Gasteiger partial charge in [0.1, 0.15) is 0 Å². The lowest BCUT2D eigenvalue weighted by Gasteiger charge is -2.31. The molecule has 0 spiro atoms. The van der Waals surface area contributed by atoms with Crippen LogP contribution < -0.4 is 0 Å². The van der Waals surface area contributed by atoms with Gasteiger partial charge in [0.05, 0.1) is 11.0 Å². The van der Waals surface area contributed by atoms with Gasteiger partial charge in [-0.2, -0.15) is 4.31 Å². The molecule has 0 amide bonds. The zero-order chi connectivity index (χ0) is 15.5. The molecule has 1 aromatic rings. The predicted molar refractivity (Wildman–Crippen MR) is 84.2 cm³/mol. The second-order valence-corrected chi connectivity index (χ2v) is 7.49. The smallest absolute Gasteiger partial charge is 0.243 e. The molecule has 0 aliphatic carbocycles. The van der Waals surface area contributed by atoms with Crippen molar-refractivity contribution in [1.29, 1.82) is 0 Å². The van der Waals surface area contributed by atoms with Crippen molar-refractivity contribution in [2.45, 2.75) is 43.1 Å². The number of halogens is 1. The summed E-state index contributed by atoms with van der Waals surface area (Å²) in [7, 11) is -1.84. The lowest BCUT2D eigenvalue weighted by atomic mass is 10.1. The molecule has 0 aromatic heterocycles. The minimum atomic E-state index is -3.47. The average molecular weight is 332 g/mol. The van der Waals surface area contributed by atoms with Crippen LogP contribution in [0, 0.1) is 0 Å². The number of alkyl halides is 1. The zero-order valence-electron chi connectivity index (χ0n) is 12.5. The highest BCUT2D eigenvalue weighted by Gasteiger charge is 2.30. The monoisotopic (exact) mass is 331 g/mol. The summed E-state index contributed by atoms with van der Waals surface area (Å²) in [6, 6.07) is 5.25. The van der Waals surface area contributed by atoms with E-state index in [0.717, 1.165) is 30.4 Å². The van der Waals surface area contributed by atoms with Gasteiger partial charge >= 0.3 is 0 Å². The number of ether oxygens (including phenoxy) is 1. The Morgan fingerprint density at radius 2 is 2.14 bits per heavy atom. The van der Waals surface area contributed by atoms with Crippen LogP contribution in [0.2, 0.25) is 0 Å². The summed E-state index contributed by atoms with van der Waals surface area (Å²) in [5.41, 5.74) is 1.98. The molecule has 1 unspecified atom stereocenters. The first-order valence-corrected chi connectivity index (χ1v) is 9.21. The fraction of sp³-hybridized carbons (Fsp3) is 0.600. The van der Waals surface area contributed by atoms with Gasteiger partial charge in [-0.05, 0) is 42.5 Å². The van der Waals surface area contributed by atoms with Crippen LogP contribution in [0.3, 0.4) is 0 Å². The predicted octanol–water partition coefficient (Wildman–Crippen LogP) is 2.79. The molecule has 2 rings (SSSR count). The van der Waals surface area contributed by atoms with Crippen molar-refractivity contribution >= 4 is 21.6 Å². The minimum absolute atomic E-state index is 0.0177. The summed E-state index contributed by atoms with van der Waals surface area (Å²) in [4.78, 5) is 0.326. The van der Waals surface area contributed by atoms with Gasteiger partial charge in [0.15, 0.2) is 0 Å². The first-order valence-electron chi connectivity index (χ1n) is 7.23. The average Bonchev–Trinajstić information content (AvgIpc) is 2.54. The van der Waals surface area contributed by atoms with Crippen LogP contribution in [0.25, 0.3) is 0 Å². The van der Waals surface area contributed by atoms with Gasteiger partial charge in [-0.25, -0.2) is 8.42 Å². The largest absolute Gasteiger partial charge is 0.380 e. The number of hydrogen-bond acceptors (Lipinski definition) is 3. The van der Waals surface area contributed by atoms with Crippen LogP contribution in [0.5, 0.6) is 0 Å². The maximum atomic E-state index is 12.7. The molecule has 0 N–H and O–H groups in total. The van der Waals surface area contributed by atoms with Crippen LogP contribution in [0.15, 0.2) is 23.1 Å². The van der Waals surface area contributed by atoms with Crippen molar-refractivity contribution in [3.8, 4) is 0 Å². The summed E-state index contributed by atoms with van der Waals surface area (Å²) in [6.07, 6.45) is 2.56. The molecule has 1 aliphatic heterocycles. The molecule has 1 aliphatic rings. The number of nitrogens with zero attached hydrogens (tertiary/aromatic N) is 1. The second-order valence-electron chi connectivity index (χ2n) is 5.28. The molecule has 1 saturated heterocycles. The molecule has 0 radical (unpaired) electrons. The first kappa shape index (κ1) is 16.7. The van der Waals surface area contributed by atoms with E-state index in [0.29, 0.717) is 23.9 Å². The maximum Gasteiger partial charge on any atom is 0.243 e. The fourth-order valence-electron chi connectivity index (χ4n) is 2.70. The summed E-state index contributed by atoms with van der Waals surface area (Å²) in [6.45, 7) is 3.01. The number of benzene rings is 1. The molecular weight excluding hydrogens is 310 g/mol. The molecule has 21 heavy (non-hydrogen) atoms. The summed E-state index contributed by atoms with van der Waals surface area (Å²) in [5.74, 6) is 0.327. The first-order chi connectivity index (χ1) is 10.0. The molecular formula is C15H22ClNO3S. The van der Waals surface area contributed by atoms with Crippen LogP contribution in [-0.4, -0.2) is 39.0 Å². The van der Waals surface area contributed by atoms with E-state index in [2.05, 4.69) is 0 Å². The van der Waals surface area contributed by atoms with Crippen molar-refractivity contribution in [2.24, 2.45) is 0 Å². The second kappa shape index (κ2) is 7.09. The minimum Gasteiger partial charge on any atom is -0.380 e. The number of rotatable bonds is 5. The Labute approximate surface area is 132 Å². The molecule has 1 fully saturated rings. The number of sulfonamides is 1. The normalized spacial score (nSPS) is 20.6. The fourth-order valence-corrected chi connectivity index (χ4v) is 4.51. The van der Waals surface area contributed by atoms with Crippen molar-refractivity contribution in [3.05, 3.63) is 29.3 Å². The van der Waals surface area contributed by atoms with Crippen LogP contribution in [0.1, 0.15) is 30.9 Å². The Balaban J connectivity index is 2.30. The van der Waals surface area contributed by atoms with Gasteiger partial charge in [-0.15, -0.1) is 11.6 Å². The lowest BCUT2D eigenvalue weighted by molar-refractivity contribution is 0.0572. The van der Waals surface area contributed by atoms with E-state index in [-0.39, 0.29) is 6.10 Å². The Hall–Kier alpha value is -0.620. The molecule has 1 atom stereocenters. The molecule has 0 bridgehead atoms. The van der Waals surface area contributed by atoms with Crippen LogP contribution >= 0.6 is 11.6 Å². The Morgan fingerprint density at radius 1 is 1.38 bits per heavy atom. The topological polar surface area (TPSA) is 46.6 Å². The Morgan fingerprint density at radius 3 is 2.76 bits per heavy atom. The van der Waals surface area contributed by atoms with E-state index in [1.165, 1.54) is 4.31 Å². The van der Waals surface area contributed by atoms with E-state index < -0.39 is 10.0 Å². The van der Waals surface area contributed by atoms with E-state index >= 15 is 0 Å². The zero-order valence-corrected chi connectivity index (χ0v) is 14.1. The number of methoxy groups -OCH3 is 1. The van der Waals surface area contributed by atoms with Gasteiger partial charge in [0, 0.05) is 26.1 Å². The lowest BCUT2D eigenvalue weighted by Crippen LogP contribution is -2.42. The number of aryl methyl sites for hydroxylation is 1. The molecule has 6 heteroatoms. The van der Waals surface area contributed by atoms with Gasteiger partial charge in [-0.1, -0.05) is 13.0 Å². The van der Waals surface area contributed by atoms with Gasteiger partial charge in [0.25, 0.3) is 0 Å². The van der Waals surface area contributed by atoms with E-state index in [4.69, 9.17) is 16.3 Å². The van der Waals surface area contributed by atoms with Crippen LogP contribution in [-0.2, 0) is 27.1 Å². The quantitative estimate of drug-likeness (QED) is 0.779. The third kappa shape index (κ3) is 3.59. The van der Waals surface area contributed by atoms with Gasteiger partial charge in [0.2, 0.25) is 10.0 Å². The highest BCUT2D eigenvalue weighted by atomic mass is 35.5. The van der Waals surface area contributed by atoms with Crippen molar-refractivity contribution < 1.29 is 13.2 Å². The third-order valence-electron chi connectivity index (χ3n) is 4.01. The van der Waals surface area contributed by atoms with E-state index in [9.17, 15) is 8.42 Å². The Kier molecular flexibility index (Phi) is 5.66. The maximum absolute atomic E-state index is 12.7. The van der Waals surface area contributed by atoms with Gasteiger partial charge < -0.3 is 4.74 Å². The SMILES string of the molecule is CCc1ccc(S(=O)(=O)N2CCCC(OC)C2)cc1CCl. The molecule has 0 saturated carbocycles. The highest BCUT2D eigenvalue weighted by Crippen LogP contribution is 2.24. The highest BCUT2D eigenvalue weighted by molar-refractivity contribution is 7.89. The summed E-state index contributed by atoms with van der Waals surface area (Å²) >= 11 is 5.94. The van der Waals surface area contributed by atoms with Crippen molar-refractivity contribution in [3.63, 3.8) is 0 Å². The van der Waals surface area contributed by atoms with Gasteiger partial charge in [-0.3, -0.25) is 0 Å². The van der Waals surface area contributed by atoms with Crippen LogP contribution in [0.4, 0.5) is 0 Å². The molecule has 4 nitrogen and oxygen atoms in total. The van der Waals surface area contributed by atoms with Crippen molar-refractivity contribution in [2.75, 3.05) is 20.2 Å². The molecule has 1 aromatic carbocycles. The standard InChI is InChI=1S/C15H22ClNO3S/c1-3-12-6-7-15(9-13(12)10-16)21(18,19)17-8-4-5-14(11-17)20-2/h6-7,9,14H,3-5,8,10-11H2,1-2H3. The molecule has 1 heterocycles.